The summed E-state index contributed by atoms with van der Waals surface area (Å²) in [5, 5.41) is 34.6. The first-order chi connectivity index (χ1) is 11.5. The first kappa shape index (κ1) is 17.4. The number of nitrogens with one attached hydrogen (secondary N) is 2. The van der Waals surface area contributed by atoms with E-state index in [2.05, 4.69) is 10.6 Å². The van der Waals surface area contributed by atoms with Crippen molar-refractivity contribution in [3.05, 3.63) is 64.2 Å². The molecule has 1 amide bonds. The Labute approximate surface area is 137 Å². The van der Waals surface area contributed by atoms with Gasteiger partial charge in [-0.15, -0.1) is 0 Å². The second kappa shape index (κ2) is 8.04. The number of benzene rings is 2. The van der Waals surface area contributed by atoms with Gasteiger partial charge in [-0.25, -0.2) is 0 Å². The van der Waals surface area contributed by atoms with Crippen molar-refractivity contribution in [1.82, 2.24) is 0 Å². The smallest absolute Gasteiger partial charge is 0.270 e. The number of para-hydroxylation sites is 1. The van der Waals surface area contributed by atoms with E-state index in [0.717, 1.165) is 6.07 Å². The van der Waals surface area contributed by atoms with Crippen LogP contribution in [0.2, 0.25) is 0 Å². The van der Waals surface area contributed by atoms with E-state index in [4.69, 9.17) is 5.11 Å². The number of carbonyl (C=O) groups is 1. The molecular formula is C16H17N3O5. The third-order valence-corrected chi connectivity index (χ3v) is 3.23. The summed E-state index contributed by atoms with van der Waals surface area (Å²) < 4.78 is 0. The van der Waals surface area contributed by atoms with E-state index >= 15 is 0 Å². The minimum atomic E-state index is -1.01. The monoisotopic (exact) mass is 331 g/mol. The highest BCUT2D eigenvalue weighted by Crippen LogP contribution is 2.23. The Kier molecular flexibility index (Phi) is 5.83. The van der Waals surface area contributed by atoms with Crippen LogP contribution in [0, 0.1) is 10.1 Å². The summed E-state index contributed by atoms with van der Waals surface area (Å²) in [5.41, 5.74) is 0.719. The molecule has 0 radical (unpaired) electrons. The quantitative estimate of drug-likeness (QED) is 0.451. The predicted molar refractivity (Wildman–Crippen MR) is 89.1 cm³/mol. The topological polar surface area (TPSA) is 125 Å². The largest absolute Gasteiger partial charge is 0.394 e. The molecule has 0 aliphatic rings. The van der Waals surface area contributed by atoms with Crippen LogP contribution >= 0.6 is 0 Å². The summed E-state index contributed by atoms with van der Waals surface area (Å²) in [6, 6.07) is 12.5. The van der Waals surface area contributed by atoms with Crippen LogP contribution in [0.3, 0.4) is 0 Å². The third kappa shape index (κ3) is 4.51. The van der Waals surface area contributed by atoms with Crippen LogP contribution in [0.4, 0.5) is 17.1 Å². The third-order valence-electron chi connectivity index (χ3n) is 3.23. The number of hydrogen-bond donors (Lipinski definition) is 4. The number of rotatable bonds is 7. The number of non-ortho nitro benzene ring substituents is 1. The number of anilines is 2. The lowest BCUT2D eigenvalue weighted by Crippen LogP contribution is -2.24. The number of nitro groups is 1. The highest BCUT2D eigenvalue weighted by Gasteiger charge is 2.17. The molecule has 0 aromatic heterocycles. The van der Waals surface area contributed by atoms with Crippen LogP contribution in [-0.2, 0) is 0 Å². The normalized spacial score (nSPS) is 11.6. The van der Waals surface area contributed by atoms with E-state index in [1.807, 2.05) is 0 Å². The maximum atomic E-state index is 12.4. The molecule has 1 unspecified atom stereocenters. The Balaban J connectivity index is 2.27. The molecule has 8 heteroatoms. The summed E-state index contributed by atoms with van der Waals surface area (Å²) in [7, 11) is 0. The van der Waals surface area contributed by atoms with Gasteiger partial charge in [0.1, 0.15) is 0 Å². The van der Waals surface area contributed by atoms with Gasteiger partial charge in [0.25, 0.3) is 11.6 Å². The molecular weight excluding hydrogens is 314 g/mol. The summed E-state index contributed by atoms with van der Waals surface area (Å²) in [5.74, 6) is -0.522. The average Bonchev–Trinajstić information content (AvgIpc) is 2.60. The van der Waals surface area contributed by atoms with Crippen LogP contribution in [0.1, 0.15) is 10.4 Å². The zero-order valence-corrected chi connectivity index (χ0v) is 12.7. The number of nitrogens with zero attached hydrogens (tertiary/aromatic N) is 1. The molecule has 0 aliphatic heterocycles. The molecule has 8 nitrogen and oxygen atoms in total. The first-order valence-corrected chi connectivity index (χ1v) is 7.19. The van der Waals surface area contributed by atoms with E-state index < -0.39 is 23.5 Å². The molecule has 2 rings (SSSR count). The standard InChI is InChI=1S/C16H17N3O5/c20-10-13(21)9-17-15-7-6-12(19(23)24)8-14(15)16(22)18-11-4-2-1-3-5-11/h1-8,13,17,20-21H,9-10H2,(H,18,22). The fraction of sp³-hybridized carbons (Fsp3) is 0.188. The van der Waals surface area contributed by atoms with Gasteiger partial charge in [0, 0.05) is 30.1 Å². The molecule has 0 heterocycles. The maximum Gasteiger partial charge on any atom is 0.270 e. The number of aliphatic hydroxyl groups is 2. The summed E-state index contributed by atoms with van der Waals surface area (Å²) >= 11 is 0. The van der Waals surface area contributed by atoms with Gasteiger partial charge in [-0.1, -0.05) is 18.2 Å². The van der Waals surface area contributed by atoms with Crippen molar-refractivity contribution < 1.29 is 19.9 Å². The molecule has 0 aliphatic carbocycles. The molecule has 1 atom stereocenters. The number of aliphatic hydroxyl groups excluding tert-OH is 2. The Hall–Kier alpha value is -2.97. The fourth-order valence-corrected chi connectivity index (χ4v) is 2.00. The molecule has 2 aromatic carbocycles. The van der Waals surface area contributed by atoms with E-state index in [1.165, 1.54) is 12.1 Å². The number of nitro benzene ring substituents is 1. The van der Waals surface area contributed by atoms with Crippen LogP contribution in [0.5, 0.6) is 0 Å². The second-order valence-electron chi connectivity index (χ2n) is 5.02. The highest BCUT2D eigenvalue weighted by molar-refractivity contribution is 6.08. The lowest BCUT2D eigenvalue weighted by atomic mass is 10.1. The zero-order chi connectivity index (χ0) is 17.5. The maximum absolute atomic E-state index is 12.4. The highest BCUT2D eigenvalue weighted by atomic mass is 16.6. The van der Waals surface area contributed by atoms with Gasteiger partial charge in [-0.3, -0.25) is 14.9 Å². The SMILES string of the molecule is O=C(Nc1ccccc1)c1cc([N+](=O)[O-])ccc1NCC(O)CO. The van der Waals surface area contributed by atoms with Crippen molar-refractivity contribution in [2.24, 2.45) is 0 Å². The van der Waals surface area contributed by atoms with Gasteiger partial charge in [-0.2, -0.15) is 0 Å². The van der Waals surface area contributed by atoms with Crippen LogP contribution in [0.25, 0.3) is 0 Å². The lowest BCUT2D eigenvalue weighted by molar-refractivity contribution is -0.384. The van der Waals surface area contributed by atoms with Gasteiger partial charge in [-0.05, 0) is 18.2 Å². The van der Waals surface area contributed by atoms with Gasteiger partial charge < -0.3 is 20.8 Å². The molecule has 0 saturated carbocycles. The minimum absolute atomic E-state index is 0.0000715. The van der Waals surface area contributed by atoms with Crippen molar-refractivity contribution in [1.29, 1.82) is 0 Å². The van der Waals surface area contributed by atoms with E-state index in [-0.39, 0.29) is 17.8 Å². The van der Waals surface area contributed by atoms with Gasteiger partial charge in [0.2, 0.25) is 0 Å². The number of amides is 1. The minimum Gasteiger partial charge on any atom is -0.394 e. The van der Waals surface area contributed by atoms with E-state index in [9.17, 15) is 20.0 Å². The zero-order valence-electron chi connectivity index (χ0n) is 12.7. The Bertz CT molecular complexity index is 721. The number of carbonyl (C=O) groups excluding carboxylic acids is 1. The first-order valence-electron chi connectivity index (χ1n) is 7.19. The van der Waals surface area contributed by atoms with Crippen LogP contribution in [0.15, 0.2) is 48.5 Å². The molecule has 24 heavy (non-hydrogen) atoms. The Morgan fingerprint density at radius 3 is 2.54 bits per heavy atom. The average molecular weight is 331 g/mol. The molecule has 2 aromatic rings. The van der Waals surface area contributed by atoms with E-state index in [1.54, 1.807) is 30.3 Å². The van der Waals surface area contributed by atoms with E-state index in [0.29, 0.717) is 11.4 Å². The van der Waals surface area contributed by atoms with Crippen molar-refractivity contribution in [2.45, 2.75) is 6.10 Å². The van der Waals surface area contributed by atoms with Crippen LogP contribution in [-0.4, -0.2) is 40.3 Å². The summed E-state index contributed by atoms with van der Waals surface area (Å²) in [4.78, 5) is 22.8. The molecule has 4 N–H and O–H groups in total. The van der Waals surface area contributed by atoms with Gasteiger partial charge in [0.05, 0.1) is 23.2 Å². The number of hydrogen-bond acceptors (Lipinski definition) is 6. The Morgan fingerprint density at radius 2 is 1.92 bits per heavy atom. The summed E-state index contributed by atoms with van der Waals surface area (Å²) in [6.07, 6.45) is -1.01. The van der Waals surface area contributed by atoms with Crippen molar-refractivity contribution in [3.63, 3.8) is 0 Å². The van der Waals surface area contributed by atoms with Gasteiger partial charge in [0.15, 0.2) is 0 Å². The van der Waals surface area contributed by atoms with Gasteiger partial charge >= 0.3 is 0 Å². The molecule has 0 saturated heterocycles. The molecule has 0 spiro atoms. The second-order valence-corrected chi connectivity index (χ2v) is 5.02. The van der Waals surface area contributed by atoms with Crippen molar-refractivity contribution in [2.75, 3.05) is 23.8 Å². The molecule has 0 bridgehead atoms. The van der Waals surface area contributed by atoms with Crippen LogP contribution < -0.4 is 10.6 Å². The lowest BCUT2D eigenvalue weighted by Gasteiger charge is -2.14. The van der Waals surface area contributed by atoms with Crippen molar-refractivity contribution >= 4 is 23.0 Å². The summed E-state index contributed by atoms with van der Waals surface area (Å²) in [6.45, 7) is -0.439. The Morgan fingerprint density at radius 1 is 1.21 bits per heavy atom. The molecule has 0 fully saturated rings. The molecule has 126 valence electrons. The predicted octanol–water partition coefficient (Wildman–Crippen LogP) is 1.61. The fourth-order valence-electron chi connectivity index (χ4n) is 2.00. The van der Waals surface area contributed by atoms with Crippen molar-refractivity contribution in [3.8, 4) is 0 Å².